The van der Waals surface area contributed by atoms with Gasteiger partial charge in [0.05, 0.1) is 6.20 Å². The van der Waals surface area contributed by atoms with Crippen LogP contribution in [0.3, 0.4) is 0 Å². The number of carbonyl (C=O) groups is 1. The summed E-state index contributed by atoms with van der Waals surface area (Å²) in [5, 5.41) is 7.32. The third kappa shape index (κ3) is 4.44. The Hall–Kier alpha value is -2.10. The number of aryl methyl sites for hydroxylation is 1. The van der Waals surface area contributed by atoms with Gasteiger partial charge in [-0.3, -0.25) is 9.48 Å². The lowest BCUT2D eigenvalue weighted by Gasteiger charge is -2.21. The summed E-state index contributed by atoms with van der Waals surface area (Å²) in [7, 11) is 0. The Bertz CT molecular complexity index is 656. The second-order valence-electron chi connectivity index (χ2n) is 6.55. The van der Waals surface area contributed by atoms with Crippen molar-refractivity contribution in [3.05, 3.63) is 36.7 Å². The average Bonchev–Trinajstić information content (AvgIpc) is 3.03. The Morgan fingerprint density at radius 2 is 2.09 bits per heavy atom. The van der Waals surface area contributed by atoms with Gasteiger partial charge in [0, 0.05) is 30.9 Å². The fourth-order valence-corrected chi connectivity index (χ4v) is 3.41. The van der Waals surface area contributed by atoms with Crippen molar-refractivity contribution in [1.82, 2.24) is 9.78 Å². The molecule has 1 aliphatic rings. The molecule has 1 N–H and O–H groups in total. The fourth-order valence-electron chi connectivity index (χ4n) is 3.41. The molecule has 1 heterocycles. The number of amides is 1. The van der Waals surface area contributed by atoms with Crippen LogP contribution in [0.4, 0.5) is 5.69 Å². The molecule has 1 fully saturated rings. The largest absolute Gasteiger partial charge is 0.326 e. The lowest BCUT2D eigenvalue weighted by Crippen LogP contribution is -2.10. The zero-order valence-corrected chi connectivity index (χ0v) is 13.8. The summed E-state index contributed by atoms with van der Waals surface area (Å²) in [5.41, 5.74) is 3.01. The first-order valence-electron chi connectivity index (χ1n) is 8.61. The molecule has 2 aromatic rings. The zero-order chi connectivity index (χ0) is 16.1. The van der Waals surface area contributed by atoms with Crippen LogP contribution in [0.5, 0.6) is 0 Å². The number of nitrogens with zero attached hydrogens (tertiary/aromatic N) is 2. The number of rotatable bonds is 5. The van der Waals surface area contributed by atoms with Crippen molar-refractivity contribution in [2.45, 2.75) is 52.0 Å². The summed E-state index contributed by atoms with van der Waals surface area (Å²) < 4.78 is 2.05. The molecule has 23 heavy (non-hydrogen) atoms. The smallest absolute Gasteiger partial charge is 0.221 e. The van der Waals surface area contributed by atoms with Gasteiger partial charge in [0.1, 0.15) is 0 Å². The van der Waals surface area contributed by atoms with E-state index in [2.05, 4.69) is 21.3 Å². The molecular formula is C19H25N3O. The van der Waals surface area contributed by atoms with E-state index >= 15 is 0 Å². The standard InChI is InChI=1S/C19H25N3O/c1-15(23)21-19-9-5-8-17(12-19)18-13-20-22(14-18)11-10-16-6-3-2-4-7-16/h5,8-9,12-14,16H,2-4,6-7,10-11H2,1H3,(H,21,23). The zero-order valence-electron chi connectivity index (χ0n) is 13.8. The van der Waals surface area contributed by atoms with Crippen molar-refractivity contribution in [3.8, 4) is 11.1 Å². The Morgan fingerprint density at radius 3 is 2.87 bits per heavy atom. The number of hydrogen-bond donors (Lipinski definition) is 1. The van der Waals surface area contributed by atoms with Crippen molar-refractivity contribution in [3.63, 3.8) is 0 Å². The minimum atomic E-state index is -0.0506. The van der Waals surface area contributed by atoms with Gasteiger partial charge in [-0.25, -0.2) is 0 Å². The second kappa shape index (κ2) is 7.44. The van der Waals surface area contributed by atoms with E-state index in [0.29, 0.717) is 0 Å². The van der Waals surface area contributed by atoms with Gasteiger partial charge >= 0.3 is 0 Å². The van der Waals surface area contributed by atoms with E-state index in [-0.39, 0.29) is 5.91 Å². The summed E-state index contributed by atoms with van der Waals surface area (Å²) >= 11 is 0. The Balaban J connectivity index is 1.63. The SMILES string of the molecule is CC(=O)Nc1cccc(-c2cnn(CCC3CCCCC3)c2)c1. The first-order chi connectivity index (χ1) is 11.2. The number of hydrogen-bond acceptors (Lipinski definition) is 2. The summed E-state index contributed by atoms with van der Waals surface area (Å²) in [6.45, 7) is 2.52. The van der Waals surface area contributed by atoms with Crippen molar-refractivity contribution in [2.75, 3.05) is 5.32 Å². The number of carbonyl (C=O) groups excluding carboxylic acids is 1. The molecule has 0 unspecified atom stereocenters. The maximum atomic E-state index is 11.2. The summed E-state index contributed by atoms with van der Waals surface area (Å²) in [4.78, 5) is 11.2. The molecule has 0 atom stereocenters. The highest BCUT2D eigenvalue weighted by Crippen LogP contribution is 2.27. The van der Waals surface area contributed by atoms with Gasteiger partial charge in [-0.15, -0.1) is 0 Å². The molecule has 0 saturated heterocycles. The van der Waals surface area contributed by atoms with Crippen LogP contribution in [0, 0.1) is 5.92 Å². The van der Waals surface area contributed by atoms with E-state index < -0.39 is 0 Å². The molecule has 122 valence electrons. The van der Waals surface area contributed by atoms with Crippen molar-refractivity contribution in [2.24, 2.45) is 5.92 Å². The topological polar surface area (TPSA) is 46.9 Å². The first-order valence-corrected chi connectivity index (χ1v) is 8.61. The van der Waals surface area contributed by atoms with Crippen LogP contribution in [-0.4, -0.2) is 15.7 Å². The molecule has 0 radical (unpaired) electrons. The van der Waals surface area contributed by atoms with Crippen molar-refractivity contribution >= 4 is 11.6 Å². The number of benzene rings is 1. The van der Waals surface area contributed by atoms with Crippen LogP contribution in [-0.2, 0) is 11.3 Å². The highest BCUT2D eigenvalue weighted by molar-refractivity contribution is 5.89. The molecule has 0 spiro atoms. The monoisotopic (exact) mass is 311 g/mol. The van der Waals surface area contributed by atoms with Gasteiger partial charge in [0.25, 0.3) is 0 Å². The minimum Gasteiger partial charge on any atom is -0.326 e. The molecule has 4 nitrogen and oxygen atoms in total. The van der Waals surface area contributed by atoms with Crippen molar-refractivity contribution < 1.29 is 4.79 Å². The quantitative estimate of drug-likeness (QED) is 0.885. The van der Waals surface area contributed by atoms with Gasteiger partial charge in [-0.1, -0.05) is 44.2 Å². The predicted molar refractivity (Wildman–Crippen MR) is 93.2 cm³/mol. The van der Waals surface area contributed by atoms with Gasteiger partial charge in [-0.05, 0) is 30.0 Å². The Labute approximate surface area is 137 Å². The maximum absolute atomic E-state index is 11.2. The van der Waals surface area contributed by atoms with Gasteiger partial charge < -0.3 is 5.32 Å². The Kier molecular flexibility index (Phi) is 5.11. The number of nitrogens with one attached hydrogen (secondary N) is 1. The second-order valence-corrected chi connectivity index (χ2v) is 6.55. The Morgan fingerprint density at radius 1 is 1.26 bits per heavy atom. The number of aromatic nitrogens is 2. The molecular weight excluding hydrogens is 286 g/mol. The van der Waals surface area contributed by atoms with E-state index in [1.807, 2.05) is 30.5 Å². The molecule has 1 aliphatic carbocycles. The highest BCUT2D eigenvalue weighted by Gasteiger charge is 2.13. The van der Waals surface area contributed by atoms with Crippen LogP contribution >= 0.6 is 0 Å². The van der Waals surface area contributed by atoms with Crippen LogP contribution in [0.1, 0.15) is 45.4 Å². The number of anilines is 1. The lowest BCUT2D eigenvalue weighted by atomic mass is 9.87. The van der Waals surface area contributed by atoms with E-state index in [4.69, 9.17) is 0 Å². The van der Waals surface area contributed by atoms with Gasteiger partial charge in [-0.2, -0.15) is 5.10 Å². The molecule has 4 heteroatoms. The molecule has 1 aromatic heterocycles. The third-order valence-electron chi connectivity index (χ3n) is 4.64. The normalized spacial score (nSPS) is 15.5. The van der Waals surface area contributed by atoms with E-state index in [1.165, 1.54) is 45.4 Å². The predicted octanol–water partition coefficient (Wildman–Crippen LogP) is 4.48. The third-order valence-corrected chi connectivity index (χ3v) is 4.64. The van der Waals surface area contributed by atoms with E-state index in [0.717, 1.165) is 29.3 Å². The van der Waals surface area contributed by atoms with Crippen LogP contribution < -0.4 is 5.32 Å². The summed E-state index contributed by atoms with van der Waals surface area (Å²) in [6.07, 6.45) is 12.2. The summed E-state index contributed by atoms with van der Waals surface area (Å²) in [5.74, 6) is 0.824. The fraction of sp³-hybridized carbons (Fsp3) is 0.474. The molecule has 0 bridgehead atoms. The van der Waals surface area contributed by atoms with Crippen LogP contribution in [0.25, 0.3) is 11.1 Å². The lowest BCUT2D eigenvalue weighted by molar-refractivity contribution is -0.114. The molecule has 1 amide bonds. The van der Waals surface area contributed by atoms with Crippen molar-refractivity contribution in [1.29, 1.82) is 0 Å². The molecule has 1 aromatic carbocycles. The minimum absolute atomic E-state index is 0.0506. The van der Waals surface area contributed by atoms with Crippen LogP contribution in [0.2, 0.25) is 0 Å². The van der Waals surface area contributed by atoms with E-state index in [1.54, 1.807) is 0 Å². The van der Waals surface area contributed by atoms with Gasteiger partial charge in [0.2, 0.25) is 5.91 Å². The molecule has 1 saturated carbocycles. The van der Waals surface area contributed by atoms with Crippen LogP contribution in [0.15, 0.2) is 36.7 Å². The first kappa shape index (κ1) is 15.8. The molecule has 3 rings (SSSR count). The van der Waals surface area contributed by atoms with E-state index in [9.17, 15) is 4.79 Å². The summed E-state index contributed by atoms with van der Waals surface area (Å²) in [6, 6.07) is 7.90. The van der Waals surface area contributed by atoms with Gasteiger partial charge in [0.15, 0.2) is 0 Å². The molecule has 0 aliphatic heterocycles. The highest BCUT2D eigenvalue weighted by atomic mass is 16.1. The maximum Gasteiger partial charge on any atom is 0.221 e. The average molecular weight is 311 g/mol.